The molecule has 1 heterocycles. The van der Waals surface area contributed by atoms with Crippen molar-refractivity contribution in [1.29, 1.82) is 0 Å². The number of carbonyl (C=O) groups excluding carboxylic acids is 1. The summed E-state index contributed by atoms with van der Waals surface area (Å²) in [6, 6.07) is 21.0. The van der Waals surface area contributed by atoms with Crippen molar-refractivity contribution in [2.75, 3.05) is 5.32 Å². The maximum Gasteiger partial charge on any atom is 0.417 e. The lowest BCUT2D eigenvalue weighted by Gasteiger charge is -2.15. The topological polar surface area (TPSA) is 79.3 Å². The maximum atomic E-state index is 13.4. The molecule has 0 aliphatic heterocycles. The molecule has 39 heavy (non-hydrogen) atoms. The van der Waals surface area contributed by atoms with Crippen LogP contribution < -0.4 is 5.32 Å². The molecule has 0 saturated carbocycles. The first-order chi connectivity index (χ1) is 18.6. The Morgan fingerprint density at radius 1 is 0.872 bits per heavy atom. The Balaban J connectivity index is 1.48. The lowest BCUT2D eigenvalue weighted by atomic mass is 9.99. The number of hydrogen-bond donors (Lipinski definition) is 2. The monoisotopic (exact) mass is 552 g/mol. The highest BCUT2D eigenvalue weighted by Gasteiger charge is 2.33. The van der Waals surface area contributed by atoms with Crippen LogP contribution in [0.3, 0.4) is 0 Å². The molecule has 0 spiro atoms. The molecule has 0 amide bonds. The lowest BCUT2D eigenvalue weighted by Crippen LogP contribution is -2.07. The van der Waals surface area contributed by atoms with Gasteiger partial charge in [-0.25, -0.2) is 0 Å². The second-order valence-corrected chi connectivity index (χ2v) is 9.31. The Bertz CT molecular complexity index is 1470. The van der Waals surface area contributed by atoms with E-state index in [2.05, 4.69) is 10.3 Å². The number of aromatic nitrogens is 1. The summed E-state index contributed by atoms with van der Waals surface area (Å²) in [5.74, 6) is -1.17. The van der Waals surface area contributed by atoms with Gasteiger partial charge in [0.15, 0.2) is 5.78 Å². The minimum atomic E-state index is -4.45. The molecule has 0 radical (unpaired) electrons. The standard InChI is InChI=1S/C30H24ClF3N2O3/c31-22-12-8-20(25(16-22)21-11-15-27(36-18-21)28(37)6-3-7-29(38)39)17-35-23-13-9-19(10-14-23)24-4-1-2-5-26(24)30(32,33)34/h1-2,4-5,8-16,18,35H,3,6-7,17H2,(H,38,39). The van der Waals surface area contributed by atoms with Crippen LogP contribution in [0.5, 0.6) is 0 Å². The number of nitrogens with one attached hydrogen (secondary N) is 1. The number of anilines is 1. The van der Waals surface area contributed by atoms with Crippen molar-refractivity contribution in [1.82, 2.24) is 4.98 Å². The number of aliphatic carboxylic acids is 1. The van der Waals surface area contributed by atoms with Crippen LogP contribution in [0.4, 0.5) is 18.9 Å². The van der Waals surface area contributed by atoms with Gasteiger partial charge in [-0.05, 0) is 65.1 Å². The normalized spacial score (nSPS) is 11.3. The minimum absolute atomic E-state index is 0.0771. The molecule has 1 aromatic heterocycles. The second kappa shape index (κ2) is 12.1. The Kier molecular flexibility index (Phi) is 8.66. The first kappa shape index (κ1) is 27.9. The smallest absolute Gasteiger partial charge is 0.417 e. The Hall–Kier alpha value is -4.17. The van der Waals surface area contributed by atoms with E-state index < -0.39 is 17.7 Å². The molecule has 0 unspecified atom stereocenters. The average molecular weight is 553 g/mol. The molecule has 0 aliphatic carbocycles. The van der Waals surface area contributed by atoms with Gasteiger partial charge in [-0.2, -0.15) is 13.2 Å². The highest BCUT2D eigenvalue weighted by atomic mass is 35.5. The molecule has 4 rings (SSSR count). The zero-order chi connectivity index (χ0) is 28.0. The van der Waals surface area contributed by atoms with E-state index in [0.717, 1.165) is 28.4 Å². The SMILES string of the molecule is O=C(O)CCCC(=O)c1ccc(-c2cc(Cl)ccc2CNc2ccc(-c3ccccc3C(F)(F)F)cc2)cn1. The molecular weight excluding hydrogens is 529 g/mol. The average Bonchev–Trinajstić information content (AvgIpc) is 2.92. The summed E-state index contributed by atoms with van der Waals surface area (Å²) < 4.78 is 40.2. The van der Waals surface area contributed by atoms with E-state index in [1.807, 2.05) is 6.07 Å². The van der Waals surface area contributed by atoms with E-state index in [9.17, 15) is 22.8 Å². The summed E-state index contributed by atoms with van der Waals surface area (Å²) >= 11 is 6.25. The number of Topliss-reactive ketones (excluding diaryl/α,β-unsaturated/α-hetero) is 1. The maximum absolute atomic E-state index is 13.4. The fourth-order valence-electron chi connectivity index (χ4n) is 4.16. The summed E-state index contributed by atoms with van der Waals surface area (Å²) in [6.07, 6.45) is -2.60. The number of halogens is 4. The van der Waals surface area contributed by atoms with Crippen LogP contribution in [0, 0.1) is 0 Å². The third-order valence-electron chi connectivity index (χ3n) is 6.14. The zero-order valence-corrected chi connectivity index (χ0v) is 21.4. The van der Waals surface area contributed by atoms with E-state index in [1.54, 1.807) is 60.8 Å². The van der Waals surface area contributed by atoms with Gasteiger partial charge < -0.3 is 10.4 Å². The molecule has 0 aliphatic rings. The number of carbonyl (C=O) groups is 2. The molecule has 0 saturated heterocycles. The zero-order valence-electron chi connectivity index (χ0n) is 20.6. The summed E-state index contributed by atoms with van der Waals surface area (Å²) in [5, 5.41) is 12.6. The molecule has 200 valence electrons. The molecule has 2 N–H and O–H groups in total. The lowest BCUT2D eigenvalue weighted by molar-refractivity contribution is -0.138. The molecule has 0 fully saturated rings. The van der Waals surface area contributed by atoms with Crippen LogP contribution in [0.25, 0.3) is 22.3 Å². The van der Waals surface area contributed by atoms with Crippen molar-refractivity contribution in [3.63, 3.8) is 0 Å². The first-order valence-electron chi connectivity index (χ1n) is 12.1. The minimum Gasteiger partial charge on any atom is -0.481 e. The van der Waals surface area contributed by atoms with Gasteiger partial charge in [0.1, 0.15) is 5.69 Å². The van der Waals surface area contributed by atoms with Crippen molar-refractivity contribution in [2.45, 2.75) is 32.0 Å². The number of pyridine rings is 1. The fraction of sp³-hybridized carbons (Fsp3) is 0.167. The van der Waals surface area contributed by atoms with Crippen LogP contribution >= 0.6 is 11.6 Å². The van der Waals surface area contributed by atoms with Crippen LogP contribution in [0.2, 0.25) is 5.02 Å². The van der Waals surface area contributed by atoms with Gasteiger partial charge in [0.2, 0.25) is 0 Å². The van der Waals surface area contributed by atoms with Gasteiger partial charge in [-0.3, -0.25) is 14.6 Å². The molecule has 9 heteroatoms. The summed E-state index contributed by atoms with van der Waals surface area (Å²) in [6.45, 7) is 0.404. The predicted octanol–water partition coefficient (Wildman–Crippen LogP) is 8.14. The number of benzene rings is 3. The van der Waals surface area contributed by atoms with Crippen molar-refractivity contribution in [3.8, 4) is 22.3 Å². The summed E-state index contributed by atoms with van der Waals surface area (Å²) in [4.78, 5) is 27.2. The first-order valence-corrected chi connectivity index (χ1v) is 12.5. The Morgan fingerprint density at radius 2 is 1.59 bits per heavy atom. The molecule has 0 bridgehead atoms. The highest BCUT2D eigenvalue weighted by molar-refractivity contribution is 6.30. The van der Waals surface area contributed by atoms with Gasteiger partial charge in [-0.1, -0.05) is 54.1 Å². The van der Waals surface area contributed by atoms with E-state index in [4.69, 9.17) is 16.7 Å². The molecule has 5 nitrogen and oxygen atoms in total. The molecular formula is C30H24ClF3N2O3. The second-order valence-electron chi connectivity index (χ2n) is 8.88. The van der Waals surface area contributed by atoms with Crippen LogP contribution in [0.1, 0.15) is 40.9 Å². The van der Waals surface area contributed by atoms with Crippen molar-refractivity contribution in [3.05, 3.63) is 107 Å². The molecule has 0 atom stereocenters. The van der Waals surface area contributed by atoms with Crippen molar-refractivity contribution < 1.29 is 27.9 Å². The molecule has 3 aromatic carbocycles. The number of rotatable bonds is 10. The predicted molar refractivity (Wildman–Crippen MR) is 145 cm³/mol. The number of nitrogens with zero attached hydrogens (tertiary/aromatic N) is 1. The van der Waals surface area contributed by atoms with Gasteiger partial charge in [0, 0.05) is 41.9 Å². The number of carboxylic acids is 1. The third kappa shape index (κ3) is 7.23. The Labute approximate surface area is 228 Å². The van der Waals surface area contributed by atoms with E-state index >= 15 is 0 Å². The van der Waals surface area contributed by atoms with Crippen molar-refractivity contribution in [2.24, 2.45) is 0 Å². The number of alkyl halides is 3. The number of hydrogen-bond acceptors (Lipinski definition) is 4. The van der Waals surface area contributed by atoms with E-state index in [-0.39, 0.29) is 36.3 Å². The Morgan fingerprint density at radius 3 is 2.26 bits per heavy atom. The van der Waals surface area contributed by atoms with Gasteiger partial charge >= 0.3 is 12.1 Å². The number of ketones is 1. The highest BCUT2D eigenvalue weighted by Crippen LogP contribution is 2.37. The fourth-order valence-corrected chi connectivity index (χ4v) is 4.34. The van der Waals surface area contributed by atoms with Gasteiger partial charge in [0.25, 0.3) is 0 Å². The summed E-state index contributed by atoms with van der Waals surface area (Å²) in [7, 11) is 0. The van der Waals surface area contributed by atoms with Crippen molar-refractivity contribution >= 4 is 29.0 Å². The molecule has 4 aromatic rings. The quantitative estimate of drug-likeness (QED) is 0.194. The number of carboxylic acid groups (broad SMARTS) is 1. The van der Waals surface area contributed by atoms with E-state index in [0.29, 0.717) is 17.1 Å². The van der Waals surface area contributed by atoms with E-state index in [1.165, 1.54) is 12.1 Å². The summed E-state index contributed by atoms with van der Waals surface area (Å²) in [5.41, 5.74) is 3.34. The third-order valence-corrected chi connectivity index (χ3v) is 6.37. The van der Waals surface area contributed by atoms with Crippen LogP contribution in [-0.2, 0) is 17.5 Å². The van der Waals surface area contributed by atoms with Crippen LogP contribution in [0.15, 0.2) is 85.1 Å². The van der Waals surface area contributed by atoms with Gasteiger partial charge in [-0.15, -0.1) is 0 Å². The van der Waals surface area contributed by atoms with Crippen LogP contribution in [-0.4, -0.2) is 21.8 Å². The van der Waals surface area contributed by atoms with Gasteiger partial charge in [0.05, 0.1) is 5.56 Å². The largest absolute Gasteiger partial charge is 0.481 e.